The summed E-state index contributed by atoms with van der Waals surface area (Å²) in [5.41, 5.74) is -0.214. The molecule has 0 atom stereocenters. The number of nitrogens with zero attached hydrogens (tertiary/aromatic N) is 1. The van der Waals surface area contributed by atoms with Crippen LogP contribution in [0.15, 0.2) is 42.5 Å². The van der Waals surface area contributed by atoms with E-state index >= 15 is 0 Å². The topological polar surface area (TPSA) is 81.8 Å². The number of nitro benzene ring substituents is 1. The second-order valence-electron chi connectivity index (χ2n) is 3.69. The first-order chi connectivity index (χ1) is 9.10. The molecule has 2 rings (SSSR count). The van der Waals surface area contributed by atoms with Crippen LogP contribution in [-0.2, 0) is 0 Å². The molecule has 1 N–H and O–H groups in total. The first-order valence-corrected chi connectivity index (χ1v) is 5.39. The first-order valence-electron chi connectivity index (χ1n) is 5.39. The fourth-order valence-electron chi connectivity index (χ4n) is 1.51. The van der Waals surface area contributed by atoms with Gasteiger partial charge in [-0.1, -0.05) is 0 Å². The standard InChI is InChI=1S/C13H11NO5/c1-18-10-3-5-11(6-4-10)19-13-8-9(15)2-7-12(13)14(16)17/h2-8,15H,1H3. The lowest BCUT2D eigenvalue weighted by molar-refractivity contribution is -0.385. The van der Waals surface area contributed by atoms with Gasteiger partial charge in [-0.25, -0.2) is 0 Å². The zero-order valence-electron chi connectivity index (χ0n) is 10.1. The summed E-state index contributed by atoms with van der Waals surface area (Å²) in [5, 5.41) is 20.2. The van der Waals surface area contributed by atoms with Crippen LogP contribution >= 0.6 is 0 Å². The van der Waals surface area contributed by atoms with Crippen LogP contribution in [0.1, 0.15) is 0 Å². The highest BCUT2D eigenvalue weighted by atomic mass is 16.6. The molecule has 2 aromatic rings. The Bertz CT molecular complexity index is 594. The summed E-state index contributed by atoms with van der Waals surface area (Å²) in [4.78, 5) is 10.3. The molecule has 2 aromatic carbocycles. The second kappa shape index (κ2) is 5.26. The number of rotatable bonds is 4. The second-order valence-corrected chi connectivity index (χ2v) is 3.69. The summed E-state index contributed by atoms with van der Waals surface area (Å²) < 4.78 is 10.4. The van der Waals surface area contributed by atoms with E-state index in [0.717, 1.165) is 0 Å². The summed E-state index contributed by atoms with van der Waals surface area (Å²) in [6, 6.07) is 10.2. The third kappa shape index (κ3) is 2.92. The minimum Gasteiger partial charge on any atom is -0.508 e. The quantitative estimate of drug-likeness (QED) is 0.675. The zero-order valence-corrected chi connectivity index (χ0v) is 10.1. The molecule has 0 aliphatic heterocycles. The van der Waals surface area contributed by atoms with Gasteiger partial charge in [0, 0.05) is 12.1 Å². The van der Waals surface area contributed by atoms with Gasteiger partial charge in [0.1, 0.15) is 17.2 Å². The summed E-state index contributed by atoms with van der Waals surface area (Å²) >= 11 is 0. The van der Waals surface area contributed by atoms with Gasteiger partial charge >= 0.3 is 5.69 Å². The number of benzene rings is 2. The maximum absolute atomic E-state index is 10.8. The zero-order chi connectivity index (χ0) is 13.8. The molecule has 98 valence electrons. The van der Waals surface area contributed by atoms with Crippen molar-refractivity contribution in [1.29, 1.82) is 0 Å². The lowest BCUT2D eigenvalue weighted by Crippen LogP contribution is -1.93. The van der Waals surface area contributed by atoms with Crippen molar-refractivity contribution in [2.45, 2.75) is 0 Å². The van der Waals surface area contributed by atoms with Crippen LogP contribution in [0.2, 0.25) is 0 Å². The Balaban J connectivity index is 2.31. The molecule has 6 heteroatoms. The molecule has 0 spiro atoms. The van der Waals surface area contributed by atoms with Crippen molar-refractivity contribution >= 4 is 5.69 Å². The summed E-state index contributed by atoms with van der Waals surface area (Å²) in [7, 11) is 1.54. The molecule has 19 heavy (non-hydrogen) atoms. The average Bonchev–Trinajstić information content (AvgIpc) is 2.39. The van der Waals surface area contributed by atoms with E-state index in [1.54, 1.807) is 24.3 Å². The molecule has 0 amide bonds. The van der Waals surface area contributed by atoms with Crippen molar-refractivity contribution in [3.05, 3.63) is 52.6 Å². The number of phenolic OH excluding ortho intramolecular Hbond substituents is 1. The molecule has 0 bridgehead atoms. The number of hydrogen-bond donors (Lipinski definition) is 1. The van der Waals surface area contributed by atoms with Gasteiger partial charge in [-0.15, -0.1) is 0 Å². The predicted molar refractivity (Wildman–Crippen MR) is 67.8 cm³/mol. The highest BCUT2D eigenvalue weighted by Gasteiger charge is 2.16. The minimum atomic E-state index is -0.571. The first kappa shape index (κ1) is 12.7. The Kier molecular flexibility index (Phi) is 3.51. The Labute approximate surface area is 109 Å². The van der Waals surface area contributed by atoms with Gasteiger partial charge in [0.2, 0.25) is 5.75 Å². The Morgan fingerprint density at radius 2 is 1.74 bits per heavy atom. The average molecular weight is 261 g/mol. The van der Waals surface area contributed by atoms with Crippen LogP contribution in [0.25, 0.3) is 0 Å². The Hall–Kier alpha value is -2.76. The SMILES string of the molecule is COc1ccc(Oc2cc(O)ccc2[N+](=O)[O-])cc1. The van der Waals surface area contributed by atoms with E-state index in [-0.39, 0.29) is 17.2 Å². The molecule has 6 nitrogen and oxygen atoms in total. The van der Waals surface area contributed by atoms with E-state index in [9.17, 15) is 15.2 Å². The summed E-state index contributed by atoms with van der Waals surface area (Å²) in [5.74, 6) is 0.941. The van der Waals surface area contributed by atoms with Gasteiger partial charge in [-0.05, 0) is 30.3 Å². The van der Waals surface area contributed by atoms with Gasteiger partial charge in [0.15, 0.2) is 0 Å². The smallest absolute Gasteiger partial charge is 0.311 e. The molecule has 0 aliphatic carbocycles. The molecule has 0 saturated carbocycles. The van der Waals surface area contributed by atoms with Crippen molar-refractivity contribution in [3.63, 3.8) is 0 Å². The molecule has 0 aromatic heterocycles. The predicted octanol–water partition coefficient (Wildman–Crippen LogP) is 3.10. The van der Waals surface area contributed by atoms with Gasteiger partial charge in [-0.3, -0.25) is 10.1 Å². The summed E-state index contributed by atoms with van der Waals surface area (Å²) in [6.07, 6.45) is 0. The monoisotopic (exact) mass is 261 g/mol. The Morgan fingerprint density at radius 1 is 1.11 bits per heavy atom. The Morgan fingerprint density at radius 3 is 2.32 bits per heavy atom. The molecule has 0 aliphatic rings. The van der Waals surface area contributed by atoms with Gasteiger partial charge < -0.3 is 14.6 Å². The van der Waals surface area contributed by atoms with Crippen LogP contribution < -0.4 is 9.47 Å². The highest BCUT2D eigenvalue weighted by molar-refractivity contribution is 5.52. The fraction of sp³-hybridized carbons (Fsp3) is 0.0769. The van der Waals surface area contributed by atoms with Crippen molar-refractivity contribution in [2.75, 3.05) is 7.11 Å². The van der Waals surface area contributed by atoms with Crippen LogP contribution in [0.5, 0.6) is 23.0 Å². The number of aromatic hydroxyl groups is 1. The molecule has 0 unspecified atom stereocenters. The molecule has 0 fully saturated rings. The molecule has 0 heterocycles. The minimum absolute atomic E-state index is 0.0184. The van der Waals surface area contributed by atoms with E-state index in [1.165, 1.54) is 25.3 Å². The number of phenols is 1. The molecular formula is C13H11NO5. The van der Waals surface area contributed by atoms with Gasteiger partial charge in [-0.2, -0.15) is 0 Å². The van der Waals surface area contributed by atoms with E-state index in [0.29, 0.717) is 11.5 Å². The van der Waals surface area contributed by atoms with Crippen molar-refractivity contribution in [2.24, 2.45) is 0 Å². The van der Waals surface area contributed by atoms with Crippen LogP contribution in [0.4, 0.5) is 5.69 Å². The fourth-order valence-corrected chi connectivity index (χ4v) is 1.51. The number of ether oxygens (including phenoxy) is 2. The number of hydrogen-bond acceptors (Lipinski definition) is 5. The van der Waals surface area contributed by atoms with Crippen molar-refractivity contribution in [1.82, 2.24) is 0 Å². The van der Waals surface area contributed by atoms with Gasteiger partial charge in [0.05, 0.1) is 12.0 Å². The largest absolute Gasteiger partial charge is 0.508 e. The number of nitro groups is 1. The summed E-state index contributed by atoms with van der Waals surface area (Å²) in [6.45, 7) is 0. The van der Waals surface area contributed by atoms with E-state index in [4.69, 9.17) is 9.47 Å². The van der Waals surface area contributed by atoms with Crippen LogP contribution in [0.3, 0.4) is 0 Å². The maximum atomic E-state index is 10.8. The molecule has 0 radical (unpaired) electrons. The van der Waals surface area contributed by atoms with E-state index in [1.807, 2.05) is 0 Å². The van der Waals surface area contributed by atoms with E-state index in [2.05, 4.69) is 0 Å². The lowest BCUT2D eigenvalue weighted by atomic mass is 10.2. The van der Waals surface area contributed by atoms with Gasteiger partial charge in [0.25, 0.3) is 0 Å². The van der Waals surface area contributed by atoms with Crippen molar-refractivity contribution < 1.29 is 19.5 Å². The molecular weight excluding hydrogens is 250 g/mol. The third-order valence-corrected chi connectivity index (χ3v) is 2.43. The van der Waals surface area contributed by atoms with E-state index < -0.39 is 4.92 Å². The maximum Gasteiger partial charge on any atom is 0.311 e. The molecule has 0 saturated heterocycles. The highest BCUT2D eigenvalue weighted by Crippen LogP contribution is 2.34. The lowest BCUT2D eigenvalue weighted by Gasteiger charge is -2.07. The van der Waals surface area contributed by atoms with Crippen molar-refractivity contribution in [3.8, 4) is 23.0 Å². The third-order valence-electron chi connectivity index (χ3n) is 2.43. The van der Waals surface area contributed by atoms with Crippen LogP contribution in [0, 0.1) is 10.1 Å². The number of methoxy groups -OCH3 is 1. The van der Waals surface area contributed by atoms with Crippen LogP contribution in [-0.4, -0.2) is 17.1 Å². The normalized spacial score (nSPS) is 9.95.